The maximum absolute atomic E-state index is 12.5. The van der Waals surface area contributed by atoms with Crippen molar-refractivity contribution in [1.82, 2.24) is 0 Å². The number of hydrogen-bond acceptors (Lipinski definition) is 3. The van der Waals surface area contributed by atoms with Crippen molar-refractivity contribution in [2.75, 3.05) is 5.32 Å². The predicted octanol–water partition coefficient (Wildman–Crippen LogP) is 12.9. The Morgan fingerprint density at radius 1 is 0.729 bits per heavy atom. The molecule has 1 aliphatic rings. The fourth-order valence-electron chi connectivity index (χ4n) is 5.57. The van der Waals surface area contributed by atoms with Gasteiger partial charge < -0.3 is 5.32 Å². The van der Waals surface area contributed by atoms with Crippen LogP contribution in [0.5, 0.6) is 0 Å². The van der Waals surface area contributed by atoms with Gasteiger partial charge in [0.1, 0.15) is 5.69 Å². The van der Waals surface area contributed by atoms with Gasteiger partial charge in [0.25, 0.3) is 5.69 Å². The molecular weight excluding hydrogens is 588 g/mol. The molecule has 0 bridgehead atoms. The Kier molecular flexibility index (Phi) is 4.51. The molecule has 0 amide bonds. The molecule has 48 heavy (non-hydrogen) atoms. The summed E-state index contributed by atoms with van der Waals surface area (Å²) in [4.78, 5) is 11.9. The average Bonchev–Trinajstić information content (AvgIpc) is 3.11. The summed E-state index contributed by atoms with van der Waals surface area (Å²) >= 11 is 0. The summed E-state index contributed by atoms with van der Waals surface area (Å²) in [6.45, 7) is 0.449. The van der Waals surface area contributed by atoms with Crippen LogP contribution in [0.4, 0.5) is 17.1 Å². The first kappa shape index (κ1) is 18.2. The van der Waals surface area contributed by atoms with Gasteiger partial charge in [0.2, 0.25) is 0 Å². The van der Waals surface area contributed by atoms with Crippen molar-refractivity contribution >= 4 is 17.1 Å². The number of hydrogen-bond donors (Lipinski definition) is 1. The molecule has 1 N–H and O–H groups in total. The first-order chi connectivity index (χ1) is 29.8. The fourth-order valence-corrected chi connectivity index (χ4v) is 5.57. The molecule has 0 saturated heterocycles. The van der Waals surface area contributed by atoms with E-state index in [0.717, 1.165) is 11.1 Å². The van der Waals surface area contributed by atoms with Gasteiger partial charge in [-0.1, -0.05) is 138 Å². The Morgan fingerprint density at radius 2 is 1.23 bits per heavy atom. The summed E-state index contributed by atoms with van der Waals surface area (Å²) in [6.07, 6.45) is -9.01. The van der Waals surface area contributed by atoms with Crippen molar-refractivity contribution in [3.8, 4) is 22.3 Å². The number of nitrogens with one attached hydrogen (secondary N) is 1. The molecule has 4 aromatic rings. The molecule has 0 atom stereocenters. The topological polar surface area (TPSA) is 55.2 Å². The van der Waals surface area contributed by atoms with Crippen LogP contribution in [0.15, 0.2) is 72.7 Å². The van der Waals surface area contributed by atoms with E-state index < -0.39 is 113 Å². The minimum absolute atomic E-state index is 0.102. The van der Waals surface area contributed by atoms with E-state index in [0.29, 0.717) is 11.1 Å². The number of anilines is 2. The second-order valence-electron chi connectivity index (χ2n) is 15.6. The first-order valence-corrected chi connectivity index (χ1v) is 15.8. The molecule has 0 aromatic heterocycles. The lowest BCUT2D eigenvalue weighted by Crippen LogP contribution is -2.33. The number of nitro groups is 1. The lowest BCUT2D eigenvalue weighted by Gasteiger charge is -2.42. The van der Waals surface area contributed by atoms with E-state index in [1.165, 1.54) is 30.3 Å². The zero-order chi connectivity index (χ0) is 51.8. The van der Waals surface area contributed by atoms with Crippen molar-refractivity contribution < 1.29 is 31.0 Å². The summed E-state index contributed by atoms with van der Waals surface area (Å²) < 4.78 is 171. The summed E-state index contributed by atoms with van der Waals surface area (Å²) in [7, 11) is 0. The number of para-hydroxylation sites is 2. The SMILES string of the molecule is [2H]c1c([2H])c2c(c([2H])c1-c1cc(C(C)(C)C)cc(-c3cc(C(C)(C)C)cc(C(C)(C)C)c3)c1Nc1ccccc1[N+](=O)[O-])C(C([2H])([2H])[2H])(C([2H])([2H])[2H])C([2H])([2H])C([2H])([2H])C2(C([2H])([2H])[2H])C([2H])([2H])[2H]. The molecule has 4 aromatic carbocycles. The van der Waals surface area contributed by atoms with E-state index in [2.05, 4.69) is 5.32 Å². The first-order valence-electron chi connectivity index (χ1n) is 25.3. The molecule has 0 heterocycles. The van der Waals surface area contributed by atoms with E-state index in [9.17, 15) is 19.7 Å². The smallest absolute Gasteiger partial charge is 0.292 e. The molecule has 1 aliphatic carbocycles. The number of rotatable bonds is 5. The Labute approximate surface area is 316 Å². The quantitative estimate of drug-likeness (QED) is 0.171. The molecule has 0 spiro atoms. The van der Waals surface area contributed by atoms with Crippen LogP contribution in [0, 0.1) is 10.1 Å². The minimum atomic E-state index is -4.52. The third kappa shape index (κ3) is 6.95. The Bertz CT molecular complexity index is 2580. The third-order valence-electron chi connectivity index (χ3n) is 8.61. The van der Waals surface area contributed by atoms with Gasteiger partial charge in [0.05, 0.1) is 14.7 Å². The van der Waals surface area contributed by atoms with Gasteiger partial charge in [-0.05, 0) is 97.0 Å². The van der Waals surface area contributed by atoms with Crippen molar-refractivity contribution in [2.24, 2.45) is 0 Å². The molecule has 0 fully saturated rings. The van der Waals surface area contributed by atoms with Crippen molar-refractivity contribution in [1.29, 1.82) is 0 Å². The van der Waals surface area contributed by atoms with Crippen LogP contribution in [0.25, 0.3) is 22.3 Å². The van der Waals surface area contributed by atoms with E-state index in [-0.39, 0.29) is 22.5 Å². The van der Waals surface area contributed by atoms with Crippen LogP contribution in [0.3, 0.4) is 0 Å². The van der Waals surface area contributed by atoms with Crippen molar-refractivity contribution in [2.45, 2.75) is 130 Å². The predicted molar refractivity (Wildman–Crippen MR) is 205 cm³/mol. The Morgan fingerprint density at radius 3 is 1.75 bits per heavy atom. The summed E-state index contributed by atoms with van der Waals surface area (Å²) in [5.41, 5.74) is -12.4. The molecule has 0 saturated carbocycles. The number of fused-ring (bicyclic) bond motifs is 1. The minimum Gasteiger partial charge on any atom is -0.349 e. The van der Waals surface area contributed by atoms with Gasteiger partial charge in [0, 0.05) is 39.1 Å². The summed E-state index contributed by atoms with van der Waals surface area (Å²) in [6, 6.07) is 10.4. The zero-order valence-electron chi connectivity index (χ0n) is 48.0. The molecule has 0 aliphatic heterocycles. The van der Waals surface area contributed by atoms with E-state index in [1.54, 1.807) is 6.07 Å². The second kappa shape index (κ2) is 11.9. The number of benzene rings is 4. The van der Waals surface area contributed by atoms with E-state index in [1.807, 2.05) is 80.5 Å². The lowest BCUT2D eigenvalue weighted by atomic mass is 9.63. The Hall–Kier alpha value is -3.92. The molecule has 0 radical (unpaired) electrons. The normalized spacial score (nSPS) is 24.9. The van der Waals surface area contributed by atoms with Crippen LogP contribution in [0.1, 0.15) is 156 Å². The van der Waals surface area contributed by atoms with Crippen LogP contribution in [-0.2, 0) is 27.1 Å². The van der Waals surface area contributed by atoms with Gasteiger partial charge in [-0.3, -0.25) is 10.1 Å². The fraction of sp³-hybridized carbons (Fsp3) is 0.455. The van der Waals surface area contributed by atoms with E-state index in [4.69, 9.17) is 16.4 Å². The van der Waals surface area contributed by atoms with Crippen molar-refractivity contribution in [3.05, 3.63) is 111 Å². The van der Waals surface area contributed by atoms with Crippen molar-refractivity contribution in [3.63, 3.8) is 0 Å². The monoisotopic (exact) mass is 664 g/mol. The molecular formula is C44H56N2O2. The number of nitro benzene ring substituents is 1. The van der Waals surface area contributed by atoms with Gasteiger partial charge >= 0.3 is 0 Å². The highest BCUT2D eigenvalue weighted by atomic mass is 16.6. The van der Waals surface area contributed by atoms with Crippen LogP contribution in [0.2, 0.25) is 0 Å². The van der Waals surface area contributed by atoms with Gasteiger partial charge in [-0.15, -0.1) is 0 Å². The second-order valence-corrected chi connectivity index (χ2v) is 15.6. The van der Waals surface area contributed by atoms with Gasteiger partial charge in [0.15, 0.2) is 0 Å². The highest BCUT2D eigenvalue weighted by Crippen LogP contribution is 2.50. The van der Waals surface area contributed by atoms with E-state index >= 15 is 0 Å². The Balaban J connectivity index is 2.27. The van der Waals surface area contributed by atoms with Crippen LogP contribution >= 0.6 is 0 Å². The molecule has 4 heteroatoms. The van der Waals surface area contributed by atoms with Gasteiger partial charge in [-0.25, -0.2) is 0 Å². The molecule has 5 rings (SSSR count). The third-order valence-corrected chi connectivity index (χ3v) is 8.61. The average molecular weight is 664 g/mol. The maximum Gasteiger partial charge on any atom is 0.292 e. The van der Waals surface area contributed by atoms with Gasteiger partial charge in [-0.2, -0.15) is 0 Å². The maximum atomic E-state index is 12.5. The highest BCUT2D eigenvalue weighted by molar-refractivity contribution is 5.95. The standard InChI is InChI=1S/C44H56N2O2/c1-40(2,3)30-22-29(23-31(25-30)41(4,5)6)34-27-32(42(7,8)9)26-33(39(34)45-37-16-14-15-17-38(37)46(47)48)28-18-19-35-36(24-28)44(12,13)21-20-43(35,10)11/h14-19,22-27,45H,20-21H2,1-13H3/i10D3,11D3,12D3,13D3,18D,19D,20D2,21D2,24D. The summed E-state index contributed by atoms with van der Waals surface area (Å²) in [5.74, 6) is 0. The van der Waals surface area contributed by atoms with Crippen LogP contribution < -0.4 is 5.32 Å². The highest BCUT2D eigenvalue weighted by Gasteiger charge is 2.37. The summed E-state index contributed by atoms with van der Waals surface area (Å²) in [5, 5.41) is 15.6. The zero-order valence-corrected chi connectivity index (χ0v) is 29.0. The van der Waals surface area contributed by atoms with Crippen LogP contribution in [-0.4, -0.2) is 4.92 Å². The molecule has 254 valence electrons. The largest absolute Gasteiger partial charge is 0.349 e. The number of nitrogens with zero attached hydrogens (tertiary/aromatic N) is 1. The lowest BCUT2D eigenvalue weighted by molar-refractivity contribution is -0.383. The molecule has 4 nitrogen and oxygen atoms in total. The molecule has 0 unspecified atom stereocenters.